The number of rotatable bonds is 4. The molecule has 0 heterocycles. The monoisotopic (exact) mass is 344 g/mol. The minimum Gasteiger partial charge on any atom is -0.478 e. The second-order valence-electron chi connectivity index (χ2n) is 4.40. The lowest BCUT2D eigenvalue weighted by molar-refractivity contribution is -0.274. The predicted molar refractivity (Wildman–Crippen MR) is 75.0 cm³/mol. The molecule has 0 fully saturated rings. The number of carbonyl (C=O) groups excluding carboxylic acids is 1. The molecule has 120 valence electrons. The minimum absolute atomic E-state index is 0.119. The number of alkyl halides is 3. The van der Waals surface area contributed by atoms with Crippen LogP contribution in [0.3, 0.4) is 0 Å². The van der Waals surface area contributed by atoms with Crippen molar-refractivity contribution in [2.45, 2.75) is 6.36 Å². The van der Waals surface area contributed by atoms with E-state index < -0.39 is 23.9 Å². The second kappa shape index (κ2) is 6.29. The van der Waals surface area contributed by atoms with Crippen molar-refractivity contribution in [3.63, 3.8) is 0 Å². The summed E-state index contributed by atoms with van der Waals surface area (Å²) in [4.78, 5) is 23.5. The molecule has 0 bridgehead atoms. The van der Waals surface area contributed by atoms with Gasteiger partial charge < -0.3 is 9.84 Å². The van der Waals surface area contributed by atoms with Crippen LogP contribution in [-0.4, -0.2) is 23.2 Å². The summed E-state index contributed by atoms with van der Waals surface area (Å²) in [6.45, 7) is 0. The maximum Gasteiger partial charge on any atom is 0.573 e. The van der Waals surface area contributed by atoms with E-state index in [-0.39, 0.29) is 21.7 Å². The van der Waals surface area contributed by atoms with E-state index in [1.807, 2.05) is 0 Å². The van der Waals surface area contributed by atoms with E-state index in [0.29, 0.717) is 0 Å². The second-order valence-corrected chi connectivity index (χ2v) is 4.84. The summed E-state index contributed by atoms with van der Waals surface area (Å²) in [7, 11) is 0. The van der Waals surface area contributed by atoms with E-state index in [1.165, 1.54) is 24.3 Å². The Kier molecular flexibility index (Phi) is 4.60. The van der Waals surface area contributed by atoms with Gasteiger partial charge in [-0.3, -0.25) is 4.79 Å². The third kappa shape index (κ3) is 4.23. The van der Waals surface area contributed by atoms with Crippen LogP contribution in [0.25, 0.3) is 0 Å². The van der Waals surface area contributed by atoms with Crippen LogP contribution >= 0.6 is 11.6 Å². The Morgan fingerprint density at radius 3 is 2.35 bits per heavy atom. The molecule has 2 aromatic rings. The van der Waals surface area contributed by atoms with Crippen LogP contribution in [-0.2, 0) is 0 Å². The highest BCUT2D eigenvalue weighted by Crippen LogP contribution is 2.25. The van der Waals surface area contributed by atoms with Gasteiger partial charge >= 0.3 is 12.3 Å². The van der Waals surface area contributed by atoms with Crippen molar-refractivity contribution in [1.29, 1.82) is 0 Å². The highest BCUT2D eigenvalue weighted by Gasteiger charge is 2.31. The number of carboxylic acids is 1. The van der Waals surface area contributed by atoms with E-state index in [2.05, 4.69) is 4.74 Å². The highest BCUT2D eigenvalue weighted by atomic mass is 35.5. The normalized spacial score (nSPS) is 11.1. The molecular weight excluding hydrogens is 337 g/mol. The first kappa shape index (κ1) is 16.8. The fraction of sp³-hybridized carbons (Fsp3) is 0.0667. The van der Waals surface area contributed by atoms with Crippen molar-refractivity contribution in [2.24, 2.45) is 0 Å². The summed E-state index contributed by atoms with van der Waals surface area (Å²) >= 11 is 5.69. The lowest BCUT2D eigenvalue weighted by Crippen LogP contribution is -2.17. The minimum atomic E-state index is -4.89. The van der Waals surface area contributed by atoms with Crippen LogP contribution in [0.2, 0.25) is 5.02 Å². The predicted octanol–water partition coefficient (Wildman–Crippen LogP) is 4.17. The summed E-state index contributed by atoms with van der Waals surface area (Å²) in [6, 6.07) is 7.98. The number of halogens is 4. The number of hydrogen-bond donors (Lipinski definition) is 1. The molecule has 0 saturated heterocycles. The Balaban J connectivity index is 2.42. The molecule has 0 radical (unpaired) electrons. The van der Waals surface area contributed by atoms with Gasteiger partial charge in [-0.15, -0.1) is 13.2 Å². The van der Waals surface area contributed by atoms with Crippen molar-refractivity contribution in [3.8, 4) is 5.75 Å². The van der Waals surface area contributed by atoms with Crippen molar-refractivity contribution < 1.29 is 32.6 Å². The molecule has 0 aliphatic rings. The molecule has 4 nitrogen and oxygen atoms in total. The lowest BCUT2D eigenvalue weighted by atomic mass is 9.98. The zero-order chi connectivity index (χ0) is 17.2. The van der Waals surface area contributed by atoms with Crippen molar-refractivity contribution in [1.82, 2.24) is 0 Å². The van der Waals surface area contributed by atoms with Gasteiger partial charge in [0.1, 0.15) is 5.75 Å². The Labute approximate surface area is 133 Å². The Morgan fingerprint density at radius 2 is 1.74 bits per heavy atom. The van der Waals surface area contributed by atoms with Gasteiger partial charge in [-0.25, -0.2) is 4.79 Å². The fourth-order valence-electron chi connectivity index (χ4n) is 1.88. The smallest absolute Gasteiger partial charge is 0.478 e. The molecule has 0 spiro atoms. The van der Waals surface area contributed by atoms with Crippen molar-refractivity contribution in [2.75, 3.05) is 0 Å². The molecule has 0 aliphatic carbocycles. The number of aromatic carboxylic acids is 1. The van der Waals surface area contributed by atoms with E-state index in [0.717, 1.165) is 18.2 Å². The van der Waals surface area contributed by atoms with E-state index in [1.54, 1.807) is 0 Å². The standard InChI is InChI=1S/C15H8ClF3O4/c16-9-4-5-11(12(7-9)14(21)22)13(20)8-2-1-3-10(6-8)23-15(17,18)19/h1-7H,(H,21,22). The molecule has 2 aromatic carbocycles. The number of hydrogen-bond acceptors (Lipinski definition) is 3. The molecular formula is C15H8ClF3O4. The summed E-state index contributed by atoms with van der Waals surface area (Å²) in [5, 5.41) is 9.23. The molecule has 8 heteroatoms. The SMILES string of the molecule is O=C(O)c1cc(Cl)ccc1C(=O)c1cccc(OC(F)(F)F)c1. The van der Waals surface area contributed by atoms with Crippen LogP contribution in [0, 0.1) is 0 Å². The Morgan fingerprint density at radius 1 is 1.04 bits per heavy atom. The van der Waals surface area contributed by atoms with Gasteiger partial charge in [-0.1, -0.05) is 23.7 Å². The van der Waals surface area contributed by atoms with Crippen molar-refractivity contribution >= 4 is 23.4 Å². The third-order valence-electron chi connectivity index (χ3n) is 2.79. The maximum absolute atomic E-state index is 12.4. The average Bonchev–Trinajstić information content (AvgIpc) is 2.45. The average molecular weight is 345 g/mol. The van der Waals surface area contributed by atoms with Crippen LogP contribution in [0.5, 0.6) is 5.75 Å². The number of carboxylic acid groups (broad SMARTS) is 1. The zero-order valence-electron chi connectivity index (χ0n) is 11.2. The third-order valence-corrected chi connectivity index (χ3v) is 3.02. The summed E-state index contributed by atoms with van der Waals surface area (Å²) in [6.07, 6.45) is -4.89. The molecule has 1 N–H and O–H groups in total. The molecule has 2 rings (SSSR count). The van der Waals surface area contributed by atoms with E-state index >= 15 is 0 Å². The van der Waals surface area contributed by atoms with E-state index in [9.17, 15) is 22.8 Å². The van der Waals surface area contributed by atoms with Crippen LogP contribution in [0.4, 0.5) is 13.2 Å². The number of ketones is 1. The number of benzene rings is 2. The summed E-state index contributed by atoms with van der Waals surface area (Å²) in [5.74, 6) is -2.71. The van der Waals surface area contributed by atoms with Gasteiger partial charge in [-0.2, -0.15) is 0 Å². The van der Waals surface area contributed by atoms with Gasteiger partial charge in [0.15, 0.2) is 5.78 Å². The van der Waals surface area contributed by atoms with E-state index in [4.69, 9.17) is 16.7 Å². The molecule has 0 saturated carbocycles. The largest absolute Gasteiger partial charge is 0.573 e. The fourth-order valence-corrected chi connectivity index (χ4v) is 2.05. The van der Waals surface area contributed by atoms with Gasteiger partial charge in [0.25, 0.3) is 0 Å². The topological polar surface area (TPSA) is 63.6 Å². The Hall–Kier alpha value is -2.54. The van der Waals surface area contributed by atoms with Gasteiger partial charge in [0.2, 0.25) is 0 Å². The van der Waals surface area contributed by atoms with Crippen LogP contribution in [0.1, 0.15) is 26.3 Å². The lowest BCUT2D eigenvalue weighted by Gasteiger charge is -2.10. The molecule has 0 atom stereocenters. The molecule has 0 unspecified atom stereocenters. The van der Waals surface area contributed by atoms with Gasteiger partial charge in [0.05, 0.1) is 5.56 Å². The Bertz CT molecular complexity index is 772. The molecule has 0 aliphatic heterocycles. The zero-order valence-corrected chi connectivity index (χ0v) is 12.0. The van der Waals surface area contributed by atoms with Crippen LogP contribution < -0.4 is 4.74 Å². The summed E-state index contributed by atoms with van der Waals surface area (Å²) in [5.41, 5.74) is -0.674. The first-order valence-electron chi connectivity index (χ1n) is 6.11. The van der Waals surface area contributed by atoms with Gasteiger partial charge in [-0.05, 0) is 30.3 Å². The first-order valence-corrected chi connectivity index (χ1v) is 6.48. The first-order chi connectivity index (χ1) is 10.7. The number of carbonyl (C=O) groups is 2. The number of ether oxygens (including phenoxy) is 1. The highest BCUT2D eigenvalue weighted by molar-refractivity contribution is 6.31. The molecule has 23 heavy (non-hydrogen) atoms. The van der Waals surface area contributed by atoms with Crippen LogP contribution in [0.15, 0.2) is 42.5 Å². The van der Waals surface area contributed by atoms with Crippen molar-refractivity contribution in [3.05, 3.63) is 64.2 Å². The quantitative estimate of drug-likeness (QED) is 0.846. The maximum atomic E-state index is 12.4. The molecule has 0 aromatic heterocycles. The van der Waals surface area contributed by atoms with Gasteiger partial charge in [0, 0.05) is 16.1 Å². The molecule has 0 amide bonds. The summed E-state index contributed by atoms with van der Waals surface area (Å²) < 4.78 is 40.4.